The van der Waals surface area contributed by atoms with Crippen molar-refractivity contribution < 1.29 is 4.79 Å². The summed E-state index contributed by atoms with van der Waals surface area (Å²) in [4.78, 5) is 16.7. The first-order chi connectivity index (χ1) is 12.1. The Morgan fingerprint density at radius 1 is 1.28 bits per heavy atom. The van der Waals surface area contributed by atoms with E-state index in [0.29, 0.717) is 17.9 Å². The third-order valence-corrected chi connectivity index (χ3v) is 4.42. The molecule has 0 aromatic carbocycles. The molecule has 7 heteroatoms. The molecule has 0 fully saturated rings. The Kier molecular flexibility index (Phi) is 5.11. The molecule has 0 aliphatic heterocycles. The van der Waals surface area contributed by atoms with Crippen LogP contribution in [0.3, 0.4) is 0 Å². The Morgan fingerprint density at radius 3 is 2.84 bits per heavy atom. The Labute approximate surface area is 147 Å². The lowest BCUT2D eigenvalue weighted by molar-refractivity contribution is 0.0947. The van der Waals surface area contributed by atoms with Crippen molar-refractivity contribution >= 4 is 11.6 Å². The molecule has 0 aliphatic carbocycles. The van der Waals surface area contributed by atoms with Gasteiger partial charge in [0.2, 0.25) is 0 Å². The molecular weight excluding hydrogens is 316 g/mol. The van der Waals surface area contributed by atoms with Crippen LogP contribution >= 0.6 is 0 Å². The zero-order chi connectivity index (χ0) is 17.8. The number of aryl methyl sites for hydroxylation is 1. The summed E-state index contributed by atoms with van der Waals surface area (Å²) in [6, 6.07) is 3.60. The second-order valence-electron chi connectivity index (χ2n) is 6.21. The van der Waals surface area contributed by atoms with Crippen molar-refractivity contribution in [2.45, 2.75) is 39.5 Å². The topological polar surface area (TPSA) is 77.1 Å². The lowest BCUT2D eigenvalue weighted by Gasteiger charge is -2.04. The Bertz CT molecular complexity index is 879. The minimum Gasteiger partial charge on any atom is -0.351 e. The van der Waals surface area contributed by atoms with Crippen LogP contribution in [-0.2, 0) is 7.05 Å². The lowest BCUT2D eigenvalue weighted by atomic mass is 10.2. The summed E-state index contributed by atoms with van der Waals surface area (Å²) in [6.07, 6.45) is 8.04. The van der Waals surface area contributed by atoms with E-state index < -0.39 is 0 Å². The zero-order valence-corrected chi connectivity index (χ0v) is 15.0. The van der Waals surface area contributed by atoms with Gasteiger partial charge in [-0.15, -0.1) is 0 Å². The summed E-state index contributed by atoms with van der Waals surface area (Å²) < 4.78 is 3.52. The average Bonchev–Trinajstić information content (AvgIpc) is 3.19. The summed E-state index contributed by atoms with van der Waals surface area (Å²) in [5.74, 6) is -0.157. The Balaban J connectivity index is 1.82. The fourth-order valence-electron chi connectivity index (χ4n) is 2.80. The smallest absolute Gasteiger partial charge is 0.271 e. The van der Waals surface area contributed by atoms with Crippen LogP contribution in [0.1, 0.15) is 48.8 Å². The Morgan fingerprint density at radius 2 is 2.12 bits per heavy atom. The molecule has 0 atom stereocenters. The van der Waals surface area contributed by atoms with E-state index in [9.17, 15) is 4.79 Å². The number of fused-ring (bicyclic) bond motifs is 1. The first kappa shape index (κ1) is 17.1. The van der Waals surface area contributed by atoms with Crippen molar-refractivity contribution in [3.63, 3.8) is 0 Å². The third-order valence-electron chi connectivity index (χ3n) is 4.42. The van der Waals surface area contributed by atoms with Crippen LogP contribution < -0.4 is 5.32 Å². The van der Waals surface area contributed by atoms with E-state index in [1.54, 1.807) is 23.0 Å². The summed E-state index contributed by atoms with van der Waals surface area (Å²) in [5, 5.41) is 11.7. The van der Waals surface area contributed by atoms with Gasteiger partial charge in [0.25, 0.3) is 5.91 Å². The van der Waals surface area contributed by atoms with Gasteiger partial charge in [0, 0.05) is 37.1 Å². The van der Waals surface area contributed by atoms with Crippen molar-refractivity contribution in [1.29, 1.82) is 0 Å². The SMILES string of the molecule is CCCCCCNC(=O)c1cc2nccc(-c3cnn(C)c3C)n2n1. The van der Waals surface area contributed by atoms with Gasteiger partial charge < -0.3 is 5.32 Å². The van der Waals surface area contributed by atoms with Gasteiger partial charge in [-0.05, 0) is 19.4 Å². The van der Waals surface area contributed by atoms with Gasteiger partial charge in [-0.1, -0.05) is 26.2 Å². The van der Waals surface area contributed by atoms with Crippen molar-refractivity contribution in [3.8, 4) is 11.3 Å². The van der Waals surface area contributed by atoms with Crippen LogP contribution in [0.15, 0.2) is 24.5 Å². The number of amides is 1. The number of aromatic nitrogens is 5. The molecule has 25 heavy (non-hydrogen) atoms. The van der Waals surface area contributed by atoms with Crippen molar-refractivity contribution in [2.75, 3.05) is 6.54 Å². The van der Waals surface area contributed by atoms with E-state index in [1.165, 1.54) is 12.8 Å². The molecule has 3 heterocycles. The van der Waals surface area contributed by atoms with Crippen LogP contribution in [0, 0.1) is 6.92 Å². The molecule has 0 saturated carbocycles. The highest BCUT2D eigenvalue weighted by atomic mass is 16.1. The highest BCUT2D eigenvalue weighted by molar-refractivity contribution is 5.93. The number of rotatable bonds is 7. The first-order valence-electron chi connectivity index (χ1n) is 8.73. The average molecular weight is 340 g/mol. The van der Waals surface area contributed by atoms with Gasteiger partial charge in [-0.25, -0.2) is 9.50 Å². The molecule has 132 valence electrons. The number of carbonyl (C=O) groups is 1. The molecule has 0 aliphatic rings. The predicted octanol–water partition coefficient (Wildman–Crippen LogP) is 2.75. The van der Waals surface area contributed by atoms with Crippen LogP contribution in [0.2, 0.25) is 0 Å². The standard InChI is InChI=1S/C18H24N6O/c1-4-5-6-7-9-20-18(25)15-11-17-19-10-8-16(24(17)22-15)14-12-21-23(3)13(14)2/h8,10-12H,4-7,9H2,1-3H3,(H,20,25). The number of hydrogen-bond acceptors (Lipinski definition) is 4. The molecule has 0 spiro atoms. The number of unbranched alkanes of at least 4 members (excludes halogenated alkanes) is 3. The minimum atomic E-state index is -0.157. The fraction of sp³-hybridized carbons (Fsp3) is 0.444. The van der Waals surface area contributed by atoms with Gasteiger partial charge in [-0.2, -0.15) is 10.2 Å². The van der Waals surface area contributed by atoms with Crippen molar-refractivity contribution in [2.24, 2.45) is 7.05 Å². The number of carbonyl (C=O) groups excluding carboxylic acids is 1. The molecule has 3 aromatic heterocycles. The molecule has 7 nitrogen and oxygen atoms in total. The molecule has 1 amide bonds. The van der Waals surface area contributed by atoms with Crippen molar-refractivity contribution in [1.82, 2.24) is 29.7 Å². The van der Waals surface area contributed by atoms with Gasteiger partial charge in [-0.3, -0.25) is 9.48 Å². The highest BCUT2D eigenvalue weighted by Crippen LogP contribution is 2.23. The largest absolute Gasteiger partial charge is 0.351 e. The zero-order valence-electron chi connectivity index (χ0n) is 15.0. The minimum absolute atomic E-state index is 0.157. The van der Waals surface area contributed by atoms with Gasteiger partial charge in [0.05, 0.1) is 11.9 Å². The fourth-order valence-corrected chi connectivity index (χ4v) is 2.80. The summed E-state index contributed by atoms with van der Waals surface area (Å²) in [5.41, 5.74) is 3.92. The maximum atomic E-state index is 12.3. The highest BCUT2D eigenvalue weighted by Gasteiger charge is 2.15. The molecule has 0 bridgehead atoms. The molecule has 0 saturated heterocycles. The predicted molar refractivity (Wildman–Crippen MR) is 96.4 cm³/mol. The van der Waals surface area contributed by atoms with E-state index in [4.69, 9.17) is 0 Å². The maximum absolute atomic E-state index is 12.3. The van der Waals surface area contributed by atoms with E-state index in [0.717, 1.165) is 29.8 Å². The monoisotopic (exact) mass is 340 g/mol. The second kappa shape index (κ2) is 7.46. The van der Waals surface area contributed by atoms with E-state index in [-0.39, 0.29) is 5.91 Å². The van der Waals surface area contributed by atoms with Crippen molar-refractivity contribution in [3.05, 3.63) is 35.9 Å². The number of nitrogens with zero attached hydrogens (tertiary/aromatic N) is 5. The summed E-state index contributed by atoms with van der Waals surface area (Å²) >= 11 is 0. The molecule has 1 N–H and O–H groups in total. The van der Waals surface area contributed by atoms with Gasteiger partial charge in [0.15, 0.2) is 11.3 Å². The second-order valence-corrected chi connectivity index (χ2v) is 6.21. The summed E-state index contributed by atoms with van der Waals surface area (Å²) in [6.45, 7) is 4.85. The van der Waals surface area contributed by atoms with E-state index in [2.05, 4.69) is 27.4 Å². The van der Waals surface area contributed by atoms with E-state index >= 15 is 0 Å². The van der Waals surface area contributed by atoms with Crippen LogP contribution in [0.4, 0.5) is 0 Å². The number of nitrogens with one attached hydrogen (secondary N) is 1. The van der Waals surface area contributed by atoms with Crippen LogP contribution in [0.5, 0.6) is 0 Å². The number of hydrogen-bond donors (Lipinski definition) is 1. The molecule has 0 unspecified atom stereocenters. The Hall–Kier alpha value is -2.70. The molecule has 0 radical (unpaired) electrons. The molecular formula is C18H24N6O. The van der Waals surface area contributed by atoms with Crippen LogP contribution in [-0.4, -0.2) is 36.8 Å². The van der Waals surface area contributed by atoms with Gasteiger partial charge in [0.1, 0.15) is 0 Å². The summed E-state index contributed by atoms with van der Waals surface area (Å²) in [7, 11) is 1.90. The normalized spacial score (nSPS) is 11.2. The third kappa shape index (κ3) is 3.55. The van der Waals surface area contributed by atoms with Gasteiger partial charge >= 0.3 is 0 Å². The molecule has 3 rings (SSSR count). The lowest BCUT2D eigenvalue weighted by Crippen LogP contribution is -2.24. The van der Waals surface area contributed by atoms with Crippen LogP contribution in [0.25, 0.3) is 16.9 Å². The van der Waals surface area contributed by atoms with E-state index in [1.807, 2.05) is 24.7 Å². The maximum Gasteiger partial charge on any atom is 0.271 e. The first-order valence-corrected chi connectivity index (χ1v) is 8.73. The molecule has 3 aromatic rings. The quantitative estimate of drug-likeness (QED) is 0.671.